The number of anilines is 2. The highest BCUT2D eigenvalue weighted by atomic mass is 35.5. The maximum absolute atomic E-state index is 12.8. The molecule has 0 fully saturated rings. The summed E-state index contributed by atoms with van der Waals surface area (Å²) in [7, 11) is 2.40. The molecular formula is C46H63ClN8O15S2. The zero-order chi connectivity index (χ0) is 53.6. The van der Waals surface area contributed by atoms with Crippen LogP contribution in [0.25, 0.3) is 0 Å². The molecule has 0 unspecified atom stereocenters. The molecular weight excluding hydrogens is 1000 g/mol. The van der Waals surface area contributed by atoms with Crippen LogP contribution in [0, 0.1) is 13.8 Å². The number of aryl methyl sites for hydroxylation is 4. The van der Waals surface area contributed by atoms with Gasteiger partial charge in [-0.15, -0.1) is 12.4 Å². The number of alkyl carbamates (subject to hydrolysis) is 2. The second kappa shape index (κ2) is 29.9. The van der Waals surface area contributed by atoms with Crippen molar-refractivity contribution in [1.29, 1.82) is 0 Å². The maximum Gasteiger partial charge on any atom is 0.407 e. The van der Waals surface area contributed by atoms with Gasteiger partial charge in [-0.1, -0.05) is 46.9 Å². The maximum atomic E-state index is 12.8. The molecule has 5 amide bonds. The number of nitrogens with zero attached hydrogens (tertiary/aromatic N) is 2. The Balaban J connectivity index is 0.000000594. The van der Waals surface area contributed by atoms with Crippen molar-refractivity contribution >= 4 is 93.2 Å². The minimum Gasteiger partial charge on any atom is -0.508 e. The number of benzene rings is 2. The lowest BCUT2D eigenvalue weighted by Gasteiger charge is -2.21. The number of phenols is 2. The fourth-order valence-electron chi connectivity index (χ4n) is 5.41. The quantitative estimate of drug-likeness (QED) is 0.0473. The molecule has 2 atom stereocenters. The van der Waals surface area contributed by atoms with Crippen LogP contribution in [0.15, 0.2) is 48.5 Å². The van der Waals surface area contributed by atoms with E-state index in [-0.39, 0.29) is 81.7 Å². The monoisotopic (exact) mass is 1070 g/mol. The summed E-state index contributed by atoms with van der Waals surface area (Å²) in [6.07, 6.45) is -0.0681. The lowest BCUT2D eigenvalue weighted by atomic mass is 10.1. The molecule has 396 valence electrons. The SMILES string of the molecule is COC(=O)[C@@H](N)CNC(=O)OC(C)(C)C.COC(=O)[C@H](CNC(=O)OC(C)(C)C)NC(=O)c1sc(NC(=O)CCc2cccc(O)c2)nc1C.Cc1nc(NC(=O)CCc2cccc(O)c2)sc1C(=O)O.Cl. The van der Waals surface area contributed by atoms with Crippen molar-refractivity contribution in [2.45, 2.75) is 104 Å². The summed E-state index contributed by atoms with van der Waals surface area (Å²) >= 11 is 1.89. The van der Waals surface area contributed by atoms with E-state index in [1.807, 2.05) is 6.07 Å². The number of phenolic OH excluding ortho intramolecular Hbond substituents is 2. The molecule has 0 radical (unpaired) electrons. The molecule has 26 heteroatoms. The van der Waals surface area contributed by atoms with Crippen LogP contribution in [-0.4, -0.2) is 124 Å². The summed E-state index contributed by atoms with van der Waals surface area (Å²) in [6, 6.07) is 11.3. The predicted octanol–water partition coefficient (Wildman–Crippen LogP) is 5.38. The molecule has 0 aliphatic rings. The van der Waals surface area contributed by atoms with Crippen molar-refractivity contribution in [2.75, 3.05) is 37.9 Å². The average molecular weight is 1070 g/mol. The Bertz CT molecular complexity index is 2490. The molecule has 0 bridgehead atoms. The Morgan fingerprint density at radius 3 is 1.47 bits per heavy atom. The van der Waals surface area contributed by atoms with Crippen LogP contribution < -0.4 is 32.3 Å². The number of nitrogens with two attached hydrogens (primary N) is 1. The highest BCUT2D eigenvalue weighted by Crippen LogP contribution is 2.24. The Hall–Kier alpha value is -7.09. The molecule has 0 saturated heterocycles. The van der Waals surface area contributed by atoms with Gasteiger partial charge >= 0.3 is 30.1 Å². The van der Waals surface area contributed by atoms with E-state index >= 15 is 0 Å². The van der Waals surface area contributed by atoms with Crippen LogP contribution in [0.5, 0.6) is 11.5 Å². The zero-order valence-corrected chi connectivity index (χ0v) is 43.9. The van der Waals surface area contributed by atoms with Crippen molar-refractivity contribution in [3.8, 4) is 11.5 Å². The third kappa shape index (κ3) is 24.6. The van der Waals surface area contributed by atoms with Gasteiger partial charge in [-0.05, 0) is 104 Å². The van der Waals surface area contributed by atoms with Crippen LogP contribution in [0.4, 0.5) is 19.9 Å². The van der Waals surface area contributed by atoms with Crippen molar-refractivity contribution in [2.24, 2.45) is 5.73 Å². The van der Waals surface area contributed by atoms with E-state index in [9.17, 15) is 48.6 Å². The number of carboxylic acid groups (broad SMARTS) is 1. The molecule has 0 spiro atoms. The minimum absolute atomic E-state index is 0. The van der Waals surface area contributed by atoms with E-state index in [1.54, 1.807) is 97.9 Å². The number of aromatic nitrogens is 2. The summed E-state index contributed by atoms with van der Waals surface area (Å²) < 4.78 is 19.2. The van der Waals surface area contributed by atoms with Gasteiger partial charge in [0.25, 0.3) is 5.91 Å². The largest absolute Gasteiger partial charge is 0.508 e. The second-order valence-corrected chi connectivity index (χ2v) is 19.1. The summed E-state index contributed by atoms with van der Waals surface area (Å²) in [6.45, 7) is 13.2. The van der Waals surface area contributed by atoms with Gasteiger partial charge in [-0.25, -0.2) is 29.1 Å². The normalized spacial score (nSPS) is 11.4. The van der Waals surface area contributed by atoms with E-state index in [2.05, 4.69) is 41.3 Å². The highest BCUT2D eigenvalue weighted by molar-refractivity contribution is 7.18. The number of esters is 2. The number of hydrogen-bond donors (Lipinski definition) is 9. The van der Waals surface area contributed by atoms with Crippen LogP contribution in [-0.2, 0) is 51.0 Å². The molecule has 4 aromatic rings. The van der Waals surface area contributed by atoms with Crippen molar-refractivity contribution in [3.63, 3.8) is 0 Å². The number of carbonyl (C=O) groups is 8. The highest BCUT2D eigenvalue weighted by Gasteiger charge is 2.27. The Labute approximate surface area is 430 Å². The van der Waals surface area contributed by atoms with Crippen LogP contribution in [0.2, 0.25) is 0 Å². The molecule has 0 saturated carbocycles. The summed E-state index contributed by atoms with van der Waals surface area (Å²) in [5.41, 5.74) is 6.51. The van der Waals surface area contributed by atoms with Gasteiger partial charge in [-0.2, -0.15) is 0 Å². The van der Waals surface area contributed by atoms with Crippen molar-refractivity contribution in [1.82, 2.24) is 25.9 Å². The number of aromatic hydroxyl groups is 2. The predicted molar refractivity (Wildman–Crippen MR) is 270 cm³/mol. The first-order valence-corrected chi connectivity index (χ1v) is 23.2. The number of carbonyl (C=O) groups excluding carboxylic acids is 7. The van der Waals surface area contributed by atoms with E-state index in [1.165, 1.54) is 7.11 Å². The fraction of sp³-hybridized carbons (Fsp3) is 0.435. The standard InChI is InChI=1S/C23H30N4O7S.C14H14N2O4S.C9H18N2O4.ClH/c1-13-18(19(30)26-16(20(31)33-5)12-24-22(32)34-23(2,3)4)35-21(25-13)27-17(29)10-9-14-7-6-8-15(28)11-14;1-8-12(13(19)20)21-14(15-8)16-11(18)6-5-9-3-2-4-10(17)7-9;1-9(2,3)15-8(13)11-5-6(10)7(12)14-4;/h6-8,11,16,28H,9-10,12H2,1-5H3,(H,24,32)(H,26,30)(H,25,27,29);2-4,7,17H,5-6H2,1H3,(H,19,20)(H,15,16,18);6H,5,10H2,1-4H3,(H,11,13);1H/t16-;;6-;/m0.0./s1. The lowest BCUT2D eigenvalue weighted by molar-refractivity contribution is -0.143. The molecule has 2 aromatic heterocycles. The molecule has 0 aliphatic carbocycles. The number of ether oxygens (including phenoxy) is 4. The number of methoxy groups -OCH3 is 2. The fourth-order valence-corrected chi connectivity index (χ4v) is 7.12. The first kappa shape index (κ1) is 62.9. The molecule has 10 N–H and O–H groups in total. The van der Waals surface area contributed by atoms with E-state index in [0.29, 0.717) is 24.2 Å². The molecule has 2 heterocycles. The first-order valence-electron chi connectivity index (χ1n) is 21.6. The minimum atomic E-state index is -1.16. The lowest BCUT2D eigenvalue weighted by Crippen LogP contribution is -2.49. The number of amides is 5. The van der Waals surface area contributed by atoms with Gasteiger partial charge in [0.05, 0.1) is 32.2 Å². The van der Waals surface area contributed by atoms with Gasteiger partial charge in [0.15, 0.2) is 10.3 Å². The number of aromatic carboxylic acids is 1. The van der Waals surface area contributed by atoms with Gasteiger partial charge in [0, 0.05) is 19.4 Å². The average Bonchev–Trinajstić information content (AvgIpc) is 3.84. The van der Waals surface area contributed by atoms with E-state index in [4.69, 9.17) is 25.1 Å². The first-order chi connectivity index (χ1) is 33.1. The van der Waals surface area contributed by atoms with Crippen LogP contribution in [0.3, 0.4) is 0 Å². The third-order valence-corrected chi connectivity index (χ3v) is 10.7. The van der Waals surface area contributed by atoms with E-state index < -0.39 is 59.3 Å². The summed E-state index contributed by atoms with van der Waals surface area (Å²) in [5, 5.41) is 40.8. The smallest absolute Gasteiger partial charge is 0.407 e. The number of carboxylic acids is 1. The van der Waals surface area contributed by atoms with E-state index in [0.717, 1.165) is 40.9 Å². The zero-order valence-electron chi connectivity index (χ0n) is 41.5. The Morgan fingerprint density at radius 2 is 1.08 bits per heavy atom. The number of nitrogens with one attached hydrogen (secondary N) is 5. The molecule has 4 rings (SSSR count). The van der Waals surface area contributed by atoms with Crippen molar-refractivity contribution < 1.29 is 72.6 Å². The Morgan fingerprint density at radius 1 is 0.667 bits per heavy atom. The third-order valence-electron chi connectivity index (χ3n) is 8.60. The Kier molecular flexibility index (Phi) is 26.2. The van der Waals surface area contributed by atoms with Crippen LogP contribution in [0.1, 0.15) is 96.2 Å². The summed E-state index contributed by atoms with van der Waals surface area (Å²) in [5.74, 6) is -3.25. The van der Waals surface area contributed by atoms with Crippen molar-refractivity contribution in [3.05, 3.63) is 80.8 Å². The number of hydrogen-bond acceptors (Lipinski definition) is 19. The molecule has 0 aliphatic heterocycles. The number of halogens is 1. The molecule has 2 aromatic carbocycles. The van der Waals surface area contributed by atoms with Crippen LogP contribution >= 0.6 is 35.1 Å². The topological polar surface area (TPSA) is 346 Å². The second-order valence-electron chi connectivity index (χ2n) is 17.1. The number of rotatable bonds is 17. The summed E-state index contributed by atoms with van der Waals surface area (Å²) in [4.78, 5) is 102. The van der Waals surface area contributed by atoms with Gasteiger partial charge in [-0.3, -0.25) is 19.2 Å². The molecule has 23 nitrogen and oxygen atoms in total. The molecule has 72 heavy (non-hydrogen) atoms. The van der Waals surface area contributed by atoms with Gasteiger partial charge in [0.2, 0.25) is 11.8 Å². The van der Waals surface area contributed by atoms with Gasteiger partial charge < -0.3 is 66.6 Å². The number of thiazole rings is 2. The van der Waals surface area contributed by atoms with Gasteiger partial charge in [0.1, 0.15) is 44.5 Å².